The molecule has 2 amide bonds. The maximum Gasteiger partial charge on any atom is 0.273 e. The zero-order valence-electron chi connectivity index (χ0n) is 18.1. The highest BCUT2D eigenvalue weighted by atomic mass is 16.5. The minimum absolute atomic E-state index is 0.152. The number of anilines is 1. The number of carbonyl (C=O) groups excluding carboxylic acids is 2. The quantitative estimate of drug-likeness (QED) is 0.554. The monoisotopic (exact) mass is 433 g/mol. The van der Waals surface area contributed by atoms with Gasteiger partial charge in [-0.15, -0.1) is 0 Å². The van der Waals surface area contributed by atoms with Crippen LogP contribution in [0.5, 0.6) is 5.75 Å². The fraction of sp³-hybridized carbons (Fsp3) is 0.320. The van der Waals surface area contributed by atoms with Crippen molar-refractivity contribution in [2.24, 2.45) is 0 Å². The zero-order valence-corrected chi connectivity index (χ0v) is 18.1. The normalized spacial score (nSPS) is 14.0. The van der Waals surface area contributed by atoms with Crippen LogP contribution in [-0.2, 0) is 6.61 Å². The second-order valence-corrected chi connectivity index (χ2v) is 8.12. The number of nitrogens with one attached hydrogen (secondary N) is 2. The summed E-state index contributed by atoms with van der Waals surface area (Å²) in [6, 6.07) is 16.3. The van der Waals surface area contributed by atoms with Crippen LogP contribution in [-0.4, -0.2) is 23.0 Å². The number of nitrogens with zero attached hydrogens (tertiary/aromatic N) is 1. The van der Waals surface area contributed by atoms with Gasteiger partial charge in [-0.2, -0.15) is 0 Å². The van der Waals surface area contributed by atoms with Crippen LogP contribution in [0.2, 0.25) is 0 Å². The summed E-state index contributed by atoms with van der Waals surface area (Å²) in [4.78, 5) is 24.6. The molecule has 0 spiro atoms. The Labute approximate surface area is 187 Å². The number of ether oxygens (including phenoxy) is 1. The highest BCUT2D eigenvalue weighted by Crippen LogP contribution is 2.20. The average molecular weight is 434 g/mol. The van der Waals surface area contributed by atoms with Crippen LogP contribution in [0.1, 0.15) is 64.3 Å². The molecular formula is C25H27N3O4. The van der Waals surface area contributed by atoms with E-state index in [1.165, 1.54) is 6.42 Å². The number of aromatic nitrogens is 1. The van der Waals surface area contributed by atoms with E-state index in [0.29, 0.717) is 22.8 Å². The van der Waals surface area contributed by atoms with Crippen molar-refractivity contribution < 1.29 is 18.8 Å². The van der Waals surface area contributed by atoms with Crippen molar-refractivity contribution in [3.63, 3.8) is 0 Å². The molecule has 0 bridgehead atoms. The average Bonchev–Trinajstić information content (AvgIpc) is 3.29. The third-order valence-electron chi connectivity index (χ3n) is 5.54. The SMILES string of the molecule is Cc1ccc(C(=O)Nc2ccc(OCc3cc(C(=O)NC4CCCCC4)no3)cc2)cc1. The first kappa shape index (κ1) is 21.6. The lowest BCUT2D eigenvalue weighted by Crippen LogP contribution is -2.36. The summed E-state index contributed by atoms with van der Waals surface area (Å²) in [5, 5.41) is 9.74. The summed E-state index contributed by atoms with van der Waals surface area (Å²) in [6.07, 6.45) is 5.56. The lowest BCUT2D eigenvalue weighted by Gasteiger charge is -2.22. The Hall–Kier alpha value is -3.61. The first-order valence-corrected chi connectivity index (χ1v) is 10.9. The van der Waals surface area contributed by atoms with E-state index < -0.39 is 0 Å². The summed E-state index contributed by atoms with van der Waals surface area (Å²) >= 11 is 0. The van der Waals surface area contributed by atoms with Gasteiger partial charge in [-0.1, -0.05) is 42.1 Å². The molecule has 1 saturated carbocycles. The van der Waals surface area contributed by atoms with Gasteiger partial charge in [0.05, 0.1) is 0 Å². The van der Waals surface area contributed by atoms with Crippen LogP contribution in [0.4, 0.5) is 5.69 Å². The molecule has 4 rings (SSSR count). The second kappa shape index (κ2) is 10.1. The Morgan fingerprint density at radius 3 is 2.44 bits per heavy atom. The van der Waals surface area contributed by atoms with E-state index >= 15 is 0 Å². The van der Waals surface area contributed by atoms with Gasteiger partial charge in [0.1, 0.15) is 12.4 Å². The number of amides is 2. The van der Waals surface area contributed by atoms with E-state index in [4.69, 9.17) is 9.26 Å². The molecule has 0 radical (unpaired) electrons. The summed E-state index contributed by atoms with van der Waals surface area (Å²) in [6.45, 7) is 2.13. The molecule has 2 N–H and O–H groups in total. The molecule has 0 aliphatic heterocycles. The van der Waals surface area contributed by atoms with Crippen LogP contribution in [0.25, 0.3) is 0 Å². The Morgan fingerprint density at radius 1 is 1.00 bits per heavy atom. The molecule has 7 heteroatoms. The van der Waals surface area contributed by atoms with Gasteiger partial charge in [-0.3, -0.25) is 9.59 Å². The predicted octanol–water partition coefficient (Wildman–Crippen LogP) is 4.88. The van der Waals surface area contributed by atoms with Gasteiger partial charge in [0.2, 0.25) is 0 Å². The number of aryl methyl sites for hydroxylation is 1. The van der Waals surface area contributed by atoms with Crippen molar-refractivity contribution in [3.05, 3.63) is 77.2 Å². The van der Waals surface area contributed by atoms with Crippen molar-refractivity contribution in [1.29, 1.82) is 0 Å². The highest BCUT2D eigenvalue weighted by molar-refractivity contribution is 6.04. The molecule has 32 heavy (non-hydrogen) atoms. The number of rotatable bonds is 7. The lowest BCUT2D eigenvalue weighted by molar-refractivity contribution is 0.0917. The Balaban J connectivity index is 1.26. The van der Waals surface area contributed by atoms with Crippen molar-refractivity contribution in [2.75, 3.05) is 5.32 Å². The molecule has 1 aromatic heterocycles. The van der Waals surface area contributed by atoms with Crippen LogP contribution in [0, 0.1) is 6.92 Å². The lowest BCUT2D eigenvalue weighted by atomic mass is 9.95. The van der Waals surface area contributed by atoms with E-state index in [-0.39, 0.29) is 30.2 Å². The summed E-state index contributed by atoms with van der Waals surface area (Å²) in [7, 11) is 0. The molecular weight excluding hydrogens is 406 g/mol. The van der Waals surface area contributed by atoms with Crippen LogP contribution >= 0.6 is 0 Å². The largest absolute Gasteiger partial charge is 0.486 e. The summed E-state index contributed by atoms with van der Waals surface area (Å²) in [5.74, 6) is 0.707. The summed E-state index contributed by atoms with van der Waals surface area (Å²) in [5.41, 5.74) is 2.64. The van der Waals surface area contributed by atoms with Crippen LogP contribution in [0.3, 0.4) is 0 Å². The fourth-order valence-electron chi connectivity index (χ4n) is 3.69. The maximum absolute atomic E-state index is 12.3. The second-order valence-electron chi connectivity index (χ2n) is 8.12. The van der Waals surface area contributed by atoms with Crippen LogP contribution in [0.15, 0.2) is 59.1 Å². The predicted molar refractivity (Wildman–Crippen MR) is 121 cm³/mol. The number of hydrogen-bond acceptors (Lipinski definition) is 5. The van der Waals surface area contributed by atoms with Crippen molar-refractivity contribution in [1.82, 2.24) is 10.5 Å². The van der Waals surface area contributed by atoms with E-state index in [2.05, 4.69) is 15.8 Å². The van der Waals surface area contributed by atoms with Gasteiger partial charge in [0, 0.05) is 23.4 Å². The van der Waals surface area contributed by atoms with Gasteiger partial charge >= 0.3 is 0 Å². The third-order valence-corrected chi connectivity index (χ3v) is 5.54. The van der Waals surface area contributed by atoms with E-state index in [1.807, 2.05) is 19.1 Å². The van der Waals surface area contributed by atoms with E-state index in [1.54, 1.807) is 42.5 Å². The number of carbonyl (C=O) groups is 2. The maximum atomic E-state index is 12.3. The standard InChI is InChI=1S/C25H27N3O4/c1-17-7-9-18(10-8-17)24(29)26-20-11-13-21(14-12-20)31-16-22-15-23(28-32-22)25(30)27-19-5-3-2-4-6-19/h7-15,19H,2-6,16H2,1H3,(H,26,29)(H,27,30). The number of hydrogen-bond donors (Lipinski definition) is 2. The Kier molecular flexibility index (Phi) is 6.84. The van der Waals surface area contributed by atoms with Gasteiger partial charge < -0.3 is 19.9 Å². The molecule has 0 atom stereocenters. The minimum atomic E-state index is -0.208. The summed E-state index contributed by atoms with van der Waals surface area (Å²) < 4.78 is 11.0. The Morgan fingerprint density at radius 2 is 1.72 bits per heavy atom. The molecule has 0 unspecified atom stereocenters. The van der Waals surface area contributed by atoms with Crippen molar-refractivity contribution in [3.8, 4) is 5.75 Å². The van der Waals surface area contributed by atoms with Gasteiger partial charge in [-0.25, -0.2) is 0 Å². The van der Waals surface area contributed by atoms with Gasteiger partial charge in [0.25, 0.3) is 11.8 Å². The molecule has 1 heterocycles. The van der Waals surface area contributed by atoms with Gasteiger partial charge in [-0.05, 0) is 56.2 Å². The first-order valence-electron chi connectivity index (χ1n) is 10.9. The molecule has 0 saturated heterocycles. The smallest absolute Gasteiger partial charge is 0.273 e. The number of benzene rings is 2. The van der Waals surface area contributed by atoms with Gasteiger partial charge in [0.15, 0.2) is 11.5 Å². The fourth-order valence-corrected chi connectivity index (χ4v) is 3.69. The van der Waals surface area contributed by atoms with E-state index in [0.717, 1.165) is 31.2 Å². The van der Waals surface area contributed by atoms with E-state index in [9.17, 15) is 9.59 Å². The topological polar surface area (TPSA) is 93.5 Å². The Bertz CT molecular complexity index is 1050. The first-order chi connectivity index (χ1) is 15.6. The molecule has 166 valence electrons. The van der Waals surface area contributed by atoms with Crippen molar-refractivity contribution >= 4 is 17.5 Å². The zero-order chi connectivity index (χ0) is 22.3. The molecule has 7 nitrogen and oxygen atoms in total. The molecule has 2 aromatic carbocycles. The van der Waals surface area contributed by atoms with Crippen molar-refractivity contribution in [2.45, 2.75) is 51.7 Å². The molecule has 3 aromatic rings. The minimum Gasteiger partial charge on any atom is -0.486 e. The molecule has 1 fully saturated rings. The highest BCUT2D eigenvalue weighted by Gasteiger charge is 2.19. The molecule has 1 aliphatic rings. The molecule has 1 aliphatic carbocycles. The third kappa shape index (κ3) is 5.75. The van der Waals surface area contributed by atoms with Crippen LogP contribution < -0.4 is 15.4 Å².